The summed E-state index contributed by atoms with van der Waals surface area (Å²) < 4.78 is 0. The minimum Gasteiger partial charge on any atom is -0.368 e. The summed E-state index contributed by atoms with van der Waals surface area (Å²) in [6, 6.07) is 8.30. The molecule has 2 N–H and O–H groups in total. The number of nitrogens with zero attached hydrogens (tertiary/aromatic N) is 2. The summed E-state index contributed by atoms with van der Waals surface area (Å²) in [6.45, 7) is 13.2. The second-order valence-corrected chi connectivity index (χ2v) is 11.5. The molecule has 2 aliphatic carbocycles. The van der Waals surface area contributed by atoms with Crippen molar-refractivity contribution in [1.82, 2.24) is 15.5 Å². The number of rotatable bonds is 4. The standard InChI is InChI=1S/C27H40N4O2/c1-18-8-5-6-10-21(18)30-14-16-31(17-15-30)25(33)22-19-11-12-27(4,26(19,2)3)23(22)29-24(32)20-9-7-13-28-20/h5-6,8,10,19-20,22-23,28H,7,9,11-17H2,1-4H3,(H,29,32)/t19?,20-,22?,23?,27?/m0/s1. The monoisotopic (exact) mass is 452 g/mol. The van der Waals surface area contributed by atoms with Crippen molar-refractivity contribution in [3.05, 3.63) is 29.8 Å². The number of fused-ring (bicyclic) bond motifs is 2. The number of amides is 2. The molecule has 1 aromatic rings. The molecule has 2 heterocycles. The maximum atomic E-state index is 14.0. The van der Waals surface area contributed by atoms with Crippen LogP contribution in [0.3, 0.4) is 0 Å². The van der Waals surface area contributed by atoms with Gasteiger partial charge in [0.1, 0.15) is 0 Å². The quantitative estimate of drug-likeness (QED) is 0.737. The Balaban J connectivity index is 1.33. The molecule has 2 saturated carbocycles. The fraction of sp³-hybridized carbons (Fsp3) is 0.704. The summed E-state index contributed by atoms with van der Waals surface area (Å²) in [5.74, 6) is 0.551. The zero-order valence-corrected chi connectivity index (χ0v) is 20.7. The number of nitrogens with one attached hydrogen (secondary N) is 2. The lowest BCUT2D eigenvalue weighted by molar-refractivity contribution is -0.139. The maximum Gasteiger partial charge on any atom is 0.237 e. The molecule has 5 atom stereocenters. The normalized spacial score (nSPS) is 35.2. The topological polar surface area (TPSA) is 64.7 Å². The summed E-state index contributed by atoms with van der Waals surface area (Å²) in [4.78, 5) is 31.6. The van der Waals surface area contributed by atoms with Gasteiger partial charge in [0, 0.05) is 37.9 Å². The van der Waals surface area contributed by atoms with Crippen LogP contribution in [-0.4, -0.2) is 61.5 Å². The molecule has 4 fully saturated rings. The predicted molar refractivity (Wildman–Crippen MR) is 131 cm³/mol. The van der Waals surface area contributed by atoms with Crippen LogP contribution < -0.4 is 15.5 Å². The smallest absolute Gasteiger partial charge is 0.237 e. The molecule has 180 valence electrons. The Morgan fingerprint density at radius 3 is 2.45 bits per heavy atom. The van der Waals surface area contributed by atoms with E-state index < -0.39 is 0 Å². The van der Waals surface area contributed by atoms with Gasteiger partial charge in [-0.15, -0.1) is 0 Å². The maximum absolute atomic E-state index is 14.0. The van der Waals surface area contributed by atoms with Crippen LogP contribution >= 0.6 is 0 Å². The number of para-hydroxylation sites is 1. The van der Waals surface area contributed by atoms with Crippen molar-refractivity contribution in [2.45, 2.75) is 65.5 Å². The third-order valence-electron chi connectivity index (χ3n) is 9.86. The van der Waals surface area contributed by atoms with Gasteiger partial charge in [0.15, 0.2) is 0 Å². The minimum absolute atomic E-state index is 0.0390. The number of piperazine rings is 1. The van der Waals surface area contributed by atoms with Crippen LogP contribution in [0.15, 0.2) is 24.3 Å². The van der Waals surface area contributed by atoms with E-state index in [4.69, 9.17) is 0 Å². The lowest BCUT2D eigenvalue weighted by Crippen LogP contribution is -2.58. The van der Waals surface area contributed by atoms with Crippen LogP contribution in [0.4, 0.5) is 5.69 Å². The first-order valence-corrected chi connectivity index (χ1v) is 12.9. The highest BCUT2D eigenvalue weighted by Crippen LogP contribution is 2.67. The SMILES string of the molecule is Cc1ccccc1N1CCN(C(=O)C2C3CCC(C)(C2NC(=O)[C@@H]2CCCN2)C3(C)C)CC1. The van der Waals surface area contributed by atoms with Gasteiger partial charge in [0.2, 0.25) is 11.8 Å². The fourth-order valence-corrected chi connectivity index (χ4v) is 7.40. The molecule has 0 aromatic heterocycles. The molecule has 0 radical (unpaired) electrons. The van der Waals surface area contributed by atoms with E-state index in [1.165, 1.54) is 11.3 Å². The van der Waals surface area contributed by atoms with E-state index in [9.17, 15) is 9.59 Å². The molecule has 4 aliphatic rings. The fourth-order valence-electron chi connectivity index (χ4n) is 7.40. The molecular formula is C27H40N4O2. The Morgan fingerprint density at radius 2 is 1.79 bits per heavy atom. The second-order valence-electron chi connectivity index (χ2n) is 11.5. The highest BCUT2D eigenvalue weighted by molar-refractivity contribution is 5.86. The van der Waals surface area contributed by atoms with Gasteiger partial charge in [-0.05, 0) is 67.5 Å². The number of aryl methyl sites for hydroxylation is 1. The lowest BCUT2D eigenvalue weighted by Gasteiger charge is -2.43. The van der Waals surface area contributed by atoms with E-state index in [1.807, 2.05) is 0 Å². The van der Waals surface area contributed by atoms with E-state index in [-0.39, 0.29) is 40.6 Å². The van der Waals surface area contributed by atoms with E-state index in [2.05, 4.69) is 72.4 Å². The Hall–Kier alpha value is -2.08. The van der Waals surface area contributed by atoms with Gasteiger partial charge < -0.3 is 20.4 Å². The molecule has 2 aliphatic heterocycles. The second kappa shape index (κ2) is 8.30. The average molecular weight is 453 g/mol. The van der Waals surface area contributed by atoms with E-state index in [0.29, 0.717) is 5.92 Å². The highest BCUT2D eigenvalue weighted by atomic mass is 16.2. The molecule has 2 amide bonds. The molecule has 33 heavy (non-hydrogen) atoms. The first-order chi connectivity index (χ1) is 15.7. The molecule has 1 aromatic carbocycles. The van der Waals surface area contributed by atoms with Crippen molar-refractivity contribution < 1.29 is 9.59 Å². The van der Waals surface area contributed by atoms with Gasteiger partial charge in [-0.1, -0.05) is 39.0 Å². The zero-order chi connectivity index (χ0) is 23.4. The summed E-state index contributed by atoms with van der Waals surface area (Å²) in [5.41, 5.74) is 2.54. The summed E-state index contributed by atoms with van der Waals surface area (Å²) in [6.07, 6.45) is 4.10. The molecular weight excluding hydrogens is 412 g/mol. The molecule has 6 nitrogen and oxygen atoms in total. The molecule has 4 unspecified atom stereocenters. The Morgan fingerprint density at radius 1 is 1.06 bits per heavy atom. The lowest BCUT2D eigenvalue weighted by atomic mass is 9.69. The Labute approximate surface area is 198 Å². The van der Waals surface area contributed by atoms with Gasteiger partial charge in [-0.2, -0.15) is 0 Å². The Bertz CT molecular complexity index is 916. The van der Waals surface area contributed by atoms with Crippen LogP contribution in [0, 0.1) is 29.6 Å². The molecule has 5 rings (SSSR count). The van der Waals surface area contributed by atoms with Gasteiger partial charge in [-0.25, -0.2) is 0 Å². The van der Waals surface area contributed by atoms with Crippen molar-refractivity contribution in [2.24, 2.45) is 22.7 Å². The van der Waals surface area contributed by atoms with Crippen LogP contribution in [0.2, 0.25) is 0 Å². The molecule has 2 bridgehead atoms. The van der Waals surface area contributed by atoms with Crippen LogP contribution in [0.5, 0.6) is 0 Å². The van der Waals surface area contributed by atoms with E-state index in [0.717, 1.165) is 58.4 Å². The van der Waals surface area contributed by atoms with E-state index in [1.54, 1.807) is 0 Å². The largest absolute Gasteiger partial charge is 0.368 e. The number of hydrogen-bond acceptors (Lipinski definition) is 4. The Kier molecular flexibility index (Phi) is 5.71. The summed E-state index contributed by atoms with van der Waals surface area (Å²) in [5, 5.41) is 6.73. The zero-order valence-electron chi connectivity index (χ0n) is 20.7. The highest BCUT2D eigenvalue weighted by Gasteiger charge is 2.68. The van der Waals surface area contributed by atoms with Crippen molar-refractivity contribution in [3.63, 3.8) is 0 Å². The van der Waals surface area contributed by atoms with Crippen LogP contribution in [0.25, 0.3) is 0 Å². The summed E-state index contributed by atoms with van der Waals surface area (Å²) in [7, 11) is 0. The van der Waals surface area contributed by atoms with Crippen LogP contribution in [0.1, 0.15) is 52.0 Å². The van der Waals surface area contributed by atoms with Crippen molar-refractivity contribution in [1.29, 1.82) is 0 Å². The van der Waals surface area contributed by atoms with Gasteiger partial charge in [0.05, 0.1) is 12.0 Å². The molecule has 6 heteroatoms. The first-order valence-electron chi connectivity index (χ1n) is 12.9. The minimum atomic E-state index is -0.117. The number of carbonyl (C=O) groups is 2. The third-order valence-corrected chi connectivity index (χ3v) is 9.86. The number of benzene rings is 1. The average Bonchev–Trinajstić information content (AvgIpc) is 3.46. The van der Waals surface area contributed by atoms with Crippen molar-refractivity contribution >= 4 is 17.5 Å². The van der Waals surface area contributed by atoms with Gasteiger partial charge >= 0.3 is 0 Å². The number of anilines is 1. The first kappa shape index (κ1) is 22.7. The number of hydrogen-bond donors (Lipinski definition) is 2. The van der Waals surface area contributed by atoms with Crippen LogP contribution in [-0.2, 0) is 9.59 Å². The van der Waals surface area contributed by atoms with Crippen molar-refractivity contribution in [2.75, 3.05) is 37.6 Å². The van der Waals surface area contributed by atoms with E-state index >= 15 is 0 Å². The predicted octanol–water partition coefficient (Wildman–Crippen LogP) is 2.95. The summed E-state index contributed by atoms with van der Waals surface area (Å²) >= 11 is 0. The van der Waals surface area contributed by atoms with Crippen molar-refractivity contribution in [3.8, 4) is 0 Å². The third kappa shape index (κ3) is 3.56. The number of carbonyl (C=O) groups excluding carboxylic acids is 2. The molecule has 0 spiro atoms. The van der Waals surface area contributed by atoms with Gasteiger partial charge in [-0.3, -0.25) is 9.59 Å². The molecule has 2 saturated heterocycles. The van der Waals surface area contributed by atoms with Gasteiger partial charge in [0.25, 0.3) is 0 Å².